The Bertz CT molecular complexity index is 3850. The molecule has 2 aliphatic carbocycles. The zero-order chi connectivity index (χ0) is 112. The summed E-state index contributed by atoms with van der Waals surface area (Å²) in [6.45, 7) is 51.4. The van der Waals surface area contributed by atoms with Crippen LogP contribution in [0.15, 0.2) is 0 Å². The number of ether oxygens (including phenoxy) is 16. The van der Waals surface area contributed by atoms with Gasteiger partial charge in [-0.15, -0.1) is 0 Å². The minimum atomic E-state index is -5.48. The number of alkyl halides is 7. The Morgan fingerprint density at radius 1 is 0.366 bits per heavy atom. The number of rotatable bonds is 54. The van der Waals surface area contributed by atoms with Gasteiger partial charge in [-0.3, -0.25) is 57.5 Å². The van der Waals surface area contributed by atoms with Crippen LogP contribution in [0, 0.1) is 59.6 Å². The second kappa shape index (κ2) is 62.8. The van der Waals surface area contributed by atoms with Crippen molar-refractivity contribution < 1.29 is 200 Å². The molecular weight excluding hydrogens is 1960 g/mol. The molecule has 43 heteroatoms. The molecule has 0 radical (unpaired) electrons. The molecule has 7 N–H and O–H groups in total. The Morgan fingerprint density at radius 2 is 0.754 bits per heavy atom. The fraction of sp³-hybridized carbons (Fsp3) is 0.869. The molecule has 0 heterocycles. The van der Waals surface area contributed by atoms with Gasteiger partial charge in [-0.05, 0) is 262 Å². The summed E-state index contributed by atoms with van der Waals surface area (Å²) >= 11 is 3.40. The second-order valence-corrected chi connectivity index (χ2v) is 43.0. The van der Waals surface area contributed by atoms with Crippen LogP contribution in [-0.4, -0.2) is 298 Å². The number of aliphatic hydroxyl groups excluding tert-OH is 4. The Kier molecular flexibility index (Phi) is 62.4. The summed E-state index contributed by atoms with van der Waals surface area (Å²) in [4.78, 5) is 158. The zero-order valence-corrected chi connectivity index (χ0v) is 91.9. The Hall–Kier alpha value is -7.23. The highest BCUT2D eigenvalue weighted by Crippen LogP contribution is 2.54. The number of methoxy groups -OCH3 is 3. The molecule has 0 aromatic carbocycles. The topological polar surface area (TPSA) is 511 Å². The third-order valence-electron chi connectivity index (χ3n) is 25.0. The van der Waals surface area contributed by atoms with Crippen molar-refractivity contribution in [3.63, 3.8) is 0 Å². The fourth-order valence-corrected chi connectivity index (χ4v) is 15.7. The van der Waals surface area contributed by atoms with Gasteiger partial charge in [0.1, 0.15) is 73.0 Å². The van der Waals surface area contributed by atoms with Crippen molar-refractivity contribution in [1.29, 1.82) is 0 Å². The molecule has 0 aromatic heterocycles. The molecule has 834 valence electrons. The van der Waals surface area contributed by atoms with Crippen molar-refractivity contribution in [2.24, 2.45) is 59.6 Å². The molecule has 142 heavy (non-hydrogen) atoms. The van der Waals surface area contributed by atoms with Gasteiger partial charge in [-0.25, -0.2) is 4.79 Å². The molecule has 2 aliphatic rings. The third kappa shape index (κ3) is 47.3. The maximum absolute atomic E-state index is 14.4. The van der Waals surface area contributed by atoms with Gasteiger partial charge in [0.2, 0.25) is 0 Å². The molecule has 0 amide bonds. The van der Waals surface area contributed by atoms with Crippen molar-refractivity contribution in [2.75, 3.05) is 107 Å². The van der Waals surface area contributed by atoms with E-state index in [1.54, 1.807) is 96.9 Å². The summed E-state index contributed by atoms with van der Waals surface area (Å²) in [6.07, 6.45) is -18.6. The first-order chi connectivity index (χ1) is 64.7. The normalized spacial score (nSPS) is 20.5. The molecule has 0 saturated heterocycles. The van der Waals surface area contributed by atoms with E-state index in [1.807, 2.05) is 76.2 Å². The Labute approximate surface area is 844 Å². The first-order valence-corrected chi connectivity index (χ1v) is 48.9. The molecule has 2 rings (SSSR count). The molecule has 0 spiro atoms. The highest BCUT2D eigenvalue weighted by Gasteiger charge is 2.66. The summed E-state index contributed by atoms with van der Waals surface area (Å²) < 4.78 is 163. The minimum Gasteiger partial charge on any atom is -0.481 e. The summed E-state index contributed by atoms with van der Waals surface area (Å²) in [5, 5.41) is 66.5. The van der Waals surface area contributed by atoms with Crippen molar-refractivity contribution in [3.8, 4) is 0 Å². The van der Waals surface area contributed by atoms with Crippen LogP contribution in [0.2, 0.25) is 0 Å². The van der Waals surface area contributed by atoms with E-state index in [4.69, 9.17) is 76.5 Å². The maximum atomic E-state index is 14.4. The van der Waals surface area contributed by atoms with E-state index >= 15 is 0 Å². The number of halogens is 7. The zero-order valence-electron chi connectivity index (χ0n) is 90.3. The average molecular weight is 2130 g/mol. The number of carboxylic acids is 3. The first-order valence-electron chi connectivity index (χ1n) is 48.1. The van der Waals surface area contributed by atoms with Crippen molar-refractivity contribution in [1.82, 2.24) is 0 Å². The number of carbonyl (C=O) groups is 13. The van der Waals surface area contributed by atoms with Crippen molar-refractivity contribution in [2.45, 2.75) is 388 Å². The molecule has 2 fully saturated rings. The number of hydrogen-bond acceptors (Lipinski definition) is 33. The SMILES string of the molecule is CCC(C)(C)C(=O)OC1C(O)C(O)C(O)C(O)C1OC.CCC(C)(CC(C)(CC(C)(C)C(=O)O)C(=O)OCCOC)C(=O)OC(C)(C)C.CCCOCCOC(=O)C(C)(CC(C)(C)C(=O)OCC(=O)O)CC(CC)(C(=O)OC(C)C(F)(F)F)C(F)(F)F.CCOC1CCCC1OC(=O)C(C)(CC)CC(C)(Br)C(=O)OC.CCOCCOC(=O)C(C)(C)CC.CCOCCOC(=O)C(C)(CC)CC(C)(C)C(=O)O. The van der Waals surface area contributed by atoms with E-state index in [9.17, 15) is 114 Å². The van der Waals surface area contributed by atoms with Gasteiger partial charge in [-0.2, -0.15) is 26.3 Å². The van der Waals surface area contributed by atoms with Crippen LogP contribution in [-0.2, 0) is 138 Å². The van der Waals surface area contributed by atoms with Gasteiger partial charge in [0.05, 0.1) is 93.8 Å². The quantitative estimate of drug-likeness (QED) is 0.00977. The van der Waals surface area contributed by atoms with Gasteiger partial charge in [0.25, 0.3) is 0 Å². The van der Waals surface area contributed by atoms with Gasteiger partial charge in [-0.1, -0.05) is 64.4 Å². The van der Waals surface area contributed by atoms with E-state index in [1.165, 1.54) is 35.2 Å². The molecule has 2 saturated carbocycles. The number of esters is 10. The maximum Gasteiger partial charge on any atom is 0.425 e. The lowest BCUT2D eigenvalue weighted by atomic mass is 9.64. The number of carboxylic acid groups (broad SMARTS) is 3. The van der Waals surface area contributed by atoms with E-state index < -0.39 is 211 Å². The van der Waals surface area contributed by atoms with Gasteiger partial charge < -0.3 is 112 Å². The molecule has 16 unspecified atom stereocenters. The van der Waals surface area contributed by atoms with E-state index in [0.717, 1.165) is 39.5 Å². The number of carbonyl (C=O) groups excluding carboxylic acids is 10. The first kappa shape index (κ1) is 141. The van der Waals surface area contributed by atoms with Crippen LogP contribution in [0.25, 0.3) is 0 Å². The summed E-state index contributed by atoms with van der Waals surface area (Å²) in [5.41, 5.74) is -15.3. The Balaban J connectivity index is -0.000000830. The van der Waals surface area contributed by atoms with Crippen LogP contribution in [0.5, 0.6) is 0 Å². The molecule has 16 atom stereocenters. The lowest BCUT2D eigenvalue weighted by Crippen LogP contribution is -2.65. The van der Waals surface area contributed by atoms with E-state index in [0.29, 0.717) is 91.7 Å². The minimum absolute atomic E-state index is 0.0129. The predicted molar refractivity (Wildman–Crippen MR) is 512 cm³/mol. The Morgan fingerprint density at radius 3 is 1.13 bits per heavy atom. The number of hydrogen-bond donors (Lipinski definition) is 7. The van der Waals surface area contributed by atoms with Crippen LogP contribution in [0.1, 0.15) is 310 Å². The van der Waals surface area contributed by atoms with Crippen molar-refractivity contribution >= 4 is 93.5 Å². The number of aliphatic hydroxyl groups is 4. The fourth-order valence-electron chi connectivity index (χ4n) is 14.9. The molecule has 0 aromatic rings. The van der Waals surface area contributed by atoms with Gasteiger partial charge >= 0.3 is 90.0 Å². The molecular formula is C99H173BrF6O36. The van der Waals surface area contributed by atoms with Gasteiger partial charge in [0.15, 0.2) is 24.2 Å². The lowest BCUT2D eigenvalue weighted by Gasteiger charge is -2.43. The average Bonchev–Trinajstić information content (AvgIpc) is 0.807. The molecule has 0 aliphatic heterocycles. The van der Waals surface area contributed by atoms with Gasteiger partial charge in [0, 0.05) is 40.6 Å². The highest BCUT2D eigenvalue weighted by molar-refractivity contribution is 9.10. The van der Waals surface area contributed by atoms with Crippen LogP contribution < -0.4 is 0 Å². The number of aliphatic carboxylic acids is 3. The monoisotopic (exact) mass is 2130 g/mol. The summed E-state index contributed by atoms with van der Waals surface area (Å²) in [7, 11) is 4.10. The van der Waals surface area contributed by atoms with Crippen molar-refractivity contribution in [3.05, 3.63) is 0 Å². The van der Waals surface area contributed by atoms with E-state index in [2.05, 4.69) is 25.4 Å². The van der Waals surface area contributed by atoms with Crippen LogP contribution in [0.3, 0.4) is 0 Å². The largest absolute Gasteiger partial charge is 0.481 e. The molecule has 0 bridgehead atoms. The highest BCUT2D eigenvalue weighted by atomic mass is 79.9. The van der Waals surface area contributed by atoms with Crippen LogP contribution >= 0.6 is 15.9 Å². The third-order valence-corrected chi connectivity index (χ3v) is 25.6. The van der Waals surface area contributed by atoms with Crippen LogP contribution in [0.4, 0.5) is 26.3 Å². The lowest BCUT2D eigenvalue weighted by molar-refractivity contribution is -0.262. The second-order valence-electron chi connectivity index (χ2n) is 41.3. The molecule has 36 nitrogen and oxygen atoms in total. The predicted octanol–water partition coefficient (Wildman–Crippen LogP) is 15.6. The standard InChI is InChI=1S/C24H36F6O9.C21H38O7.C17H29BrO5.C14H26O5.C13H24O7.C10H20O3/c1-7-9-36-10-11-37-18(34)21(6,13-20(4,5)17(33)38-12-16(31)32)14-22(8-2,24(28,29)30)19(35)39-15(3)23(25,26)27;1-10-20(7,17(25)28-18(2,3)4)14-21(8,13-19(5,6)15(22)23)16(24)27-12-11-26-9;1-6-16(3,11-17(4,18)15(20)21-5)14(19)23-13-10-8-9-12(13)22-7-2;1-6-14(5,10-13(3,4)11(15)16)12(17)19-9-8-18-7-2;1-5-13(2,3)12(18)20-11-9(17)7(15)6(14)8(16)10(11)19-4;1-5-10(3,4)9(11)13-8-7-12-6-2/h15H,7-14H2,1-6H3,(H,31,32);10-14H2,1-9H3,(H,22,23);12-13H,6-11H2,1-5H3;6-10H2,1-5H3,(H,15,16);6-11,14-17H,5H2,1-4H3;5-8H2,1-4H3. The smallest absolute Gasteiger partial charge is 0.425 e. The summed E-state index contributed by atoms with van der Waals surface area (Å²) in [6, 6.07) is 0. The van der Waals surface area contributed by atoms with E-state index in [-0.39, 0.29) is 81.2 Å². The summed E-state index contributed by atoms with van der Waals surface area (Å²) in [5.74, 6) is -10.8.